The first-order valence-electron chi connectivity index (χ1n) is 4.29. The molecule has 0 N–H and O–H groups in total. The SMILES string of the molecule is C[C@]12CCCC(CC1)C2. The van der Waals surface area contributed by atoms with E-state index in [1.54, 1.807) is 6.42 Å². The fraction of sp³-hybridized carbons (Fsp3) is 1.00. The molecule has 0 spiro atoms. The molecule has 0 saturated heterocycles. The molecule has 0 amide bonds. The van der Waals surface area contributed by atoms with Crippen molar-refractivity contribution >= 4 is 0 Å². The minimum absolute atomic E-state index is 0.795. The first kappa shape index (κ1) is 5.76. The molecule has 2 aliphatic carbocycles. The van der Waals surface area contributed by atoms with Gasteiger partial charge in [-0.05, 0) is 37.0 Å². The van der Waals surface area contributed by atoms with E-state index in [9.17, 15) is 0 Å². The quantitative estimate of drug-likeness (QED) is 0.465. The van der Waals surface area contributed by atoms with Gasteiger partial charge in [-0.3, -0.25) is 0 Å². The Bertz CT molecular complexity index is 113. The summed E-state index contributed by atoms with van der Waals surface area (Å²) in [5.74, 6) is 1.13. The lowest BCUT2D eigenvalue weighted by Gasteiger charge is -2.28. The van der Waals surface area contributed by atoms with Gasteiger partial charge in [-0.1, -0.05) is 19.8 Å². The fourth-order valence-electron chi connectivity index (χ4n) is 2.74. The normalized spacial score (nSPS) is 49.7. The molecule has 2 saturated carbocycles. The Morgan fingerprint density at radius 1 is 1.22 bits per heavy atom. The molecule has 0 aliphatic heterocycles. The molecule has 2 atom stereocenters. The van der Waals surface area contributed by atoms with Crippen molar-refractivity contribution in [3.8, 4) is 0 Å². The molecule has 52 valence electrons. The van der Waals surface area contributed by atoms with Crippen LogP contribution in [0.1, 0.15) is 45.4 Å². The van der Waals surface area contributed by atoms with E-state index >= 15 is 0 Å². The van der Waals surface area contributed by atoms with Crippen LogP contribution in [0.4, 0.5) is 0 Å². The van der Waals surface area contributed by atoms with Crippen molar-refractivity contribution in [3.05, 3.63) is 0 Å². The van der Waals surface area contributed by atoms with E-state index in [1.807, 2.05) is 0 Å². The van der Waals surface area contributed by atoms with E-state index in [0.29, 0.717) is 0 Å². The van der Waals surface area contributed by atoms with E-state index in [0.717, 1.165) is 11.3 Å². The molecule has 0 heterocycles. The van der Waals surface area contributed by atoms with Gasteiger partial charge in [0.05, 0.1) is 0 Å². The highest BCUT2D eigenvalue weighted by Gasteiger charge is 2.37. The van der Waals surface area contributed by atoms with Crippen LogP contribution < -0.4 is 0 Å². The molecule has 0 heteroatoms. The van der Waals surface area contributed by atoms with Gasteiger partial charge in [0.2, 0.25) is 0 Å². The first-order valence-corrected chi connectivity index (χ1v) is 4.29. The van der Waals surface area contributed by atoms with Crippen LogP contribution in [-0.4, -0.2) is 0 Å². The maximum absolute atomic E-state index is 2.48. The molecule has 2 bridgehead atoms. The second-order valence-electron chi connectivity index (χ2n) is 4.31. The van der Waals surface area contributed by atoms with Gasteiger partial charge in [-0.25, -0.2) is 0 Å². The molecule has 9 heavy (non-hydrogen) atoms. The molecule has 2 rings (SSSR count). The number of rotatable bonds is 0. The zero-order valence-electron chi connectivity index (χ0n) is 6.32. The molecule has 0 aromatic heterocycles. The standard InChI is InChI=1S/C9H16/c1-9-5-2-3-8(7-9)4-6-9/h8H,2-7H2,1H3/t8?,9-/m0/s1. The van der Waals surface area contributed by atoms with Crippen LogP contribution in [0.3, 0.4) is 0 Å². The summed E-state index contributed by atoms with van der Waals surface area (Å²) in [7, 11) is 0. The van der Waals surface area contributed by atoms with E-state index in [4.69, 9.17) is 0 Å². The highest BCUT2D eigenvalue weighted by atomic mass is 14.4. The smallest absolute Gasteiger partial charge is 0.0323 e. The molecular formula is C9H16. The average molecular weight is 124 g/mol. The summed E-state index contributed by atoms with van der Waals surface area (Å²) >= 11 is 0. The summed E-state index contributed by atoms with van der Waals surface area (Å²) in [4.78, 5) is 0. The Hall–Kier alpha value is 0. The van der Waals surface area contributed by atoms with Crippen LogP contribution in [0.25, 0.3) is 0 Å². The highest BCUT2D eigenvalue weighted by Crippen LogP contribution is 2.50. The van der Waals surface area contributed by atoms with Crippen LogP contribution >= 0.6 is 0 Å². The molecule has 2 aliphatic rings. The van der Waals surface area contributed by atoms with Crippen molar-refractivity contribution < 1.29 is 0 Å². The van der Waals surface area contributed by atoms with E-state index in [2.05, 4.69) is 6.92 Å². The summed E-state index contributed by atoms with van der Waals surface area (Å²) in [6.07, 6.45) is 9.18. The van der Waals surface area contributed by atoms with Crippen LogP contribution in [0, 0.1) is 11.3 Å². The summed E-state index contributed by atoms with van der Waals surface area (Å²) < 4.78 is 0. The van der Waals surface area contributed by atoms with Gasteiger partial charge in [-0.2, -0.15) is 0 Å². The molecule has 0 aromatic carbocycles. The van der Waals surface area contributed by atoms with Gasteiger partial charge in [-0.15, -0.1) is 0 Å². The fourth-order valence-corrected chi connectivity index (χ4v) is 2.74. The van der Waals surface area contributed by atoms with E-state index in [-0.39, 0.29) is 0 Å². The van der Waals surface area contributed by atoms with Gasteiger partial charge in [0.15, 0.2) is 0 Å². The van der Waals surface area contributed by atoms with Crippen molar-refractivity contribution in [2.24, 2.45) is 11.3 Å². The zero-order valence-corrected chi connectivity index (χ0v) is 6.32. The average Bonchev–Trinajstić information content (AvgIpc) is 2.07. The summed E-state index contributed by atoms with van der Waals surface area (Å²) in [5.41, 5.74) is 0.795. The Morgan fingerprint density at radius 2 is 2.11 bits per heavy atom. The van der Waals surface area contributed by atoms with Gasteiger partial charge in [0, 0.05) is 0 Å². The monoisotopic (exact) mass is 124 g/mol. The summed E-state index contributed by atoms with van der Waals surface area (Å²) in [6, 6.07) is 0. The van der Waals surface area contributed by atoms with Crippen LogP contribution in [0.2, 0.25) is 0 Å². The second-order valence-corrected chi connectivity index (χ2v) is 4.31. The van der Waals surface area contributed by atoms with Crippen molar-refractivity contribution in [1.82, 2.24) is 0 Å². The highest BCUT2D eigenvalue weighted by molar-refractivity contribution is 4.89. The van der Waals surface area contributed by atoms with Crippen molar-refractivity contribution in [3.63, 3.8) is 0 Å². The molecule has 1 unspecified atom stereocenters. The third kappa shape index (κ3) is 0.889. The van der Waals surface area contributed by atoms with Crippen molar-refractivity contribution in [1.29, 1.82) is 0 Å². The maximum Gasteiger partial charge on any atom is -0.0323 e. The lowest BCUT2D eigenvalue weighted by Crippen LogP contribution is -2.15. The Balaban J connectivity index is 2.13. The second kappa shape index (κ2) is 1.74. The van der Waals surface area contributed by atoms with Crippen LogP contribution in [0.5, 0.6) is 0 Å². The Morgan fingerprint density at radius 3 is 2.78 bits per heavy atom. The molecule has 0 nitrogen and oxygen atoms in total. The molecule has 0 aromatic rings. The summed E-state index contributed by atoms with van der Waals surface area (Å²) in [6.45, 7) is 2.48. The number of hydrogen-bond acceptors (Lipinski definition) is 0. The minimum atomic E-state index is 0.795. The number of fused-ring (bicyclic) bond motifs is 2. The molecule has 0 radical (unpaired) electrons. The van der Waals surface area contributed by atoms with Crippen LogP contribution in [-0.2, 0) is 0 Å². The van der Waals surface area contributed by atoms with Gasteiger partial charge in [0.25, 0.3) is 0 Å². The third-order valence-corrected chi connectivity index (χ3v) is 3.33. The zero-order chi connectivity index (χ0) is 6.32. The van der Waals surface area contributed by atoms with Gasteiger partial charge >= 0.3 is 0 Å². The first-order chi connectivity index (χ1) is 4.29. The maximum atomic E-state index is 2.48. The van der Waals surface area contributed by atoms with E-state index < -0.39 is 0 Å². The van der Waals surface area contributed by atoms with Crippen molar-refractivity contribution in [2.45, 2.75) is 45.4 Å². The third-order valence-electron chi connectivity index (χ3n) is 3.33. The Kier molecular flexibility index (Phi) is 1.12. The van der Waals surface area contributed by atoms with Gasteiger partial charge < -0.3 is 0 Å². The summed E-state index contributed by atoms with van der Waals surface area (Å²) in [5, 5.41) is 0. The van der Waals surface area contributed by atoms with Crippen molar-refractivity contribution in [2.75, 3.05) is 0 Å². The van der Waals surface area contributed by atoms with Gasteiger partial charge in [0.1, 0.15) is 0 Å². The predicted octanol–water partition coefficient (Wildman–Crippen LogP) is 2.98. The molecule has 2 fully saturated rings. The Labute approximate surface area is 57.6 Å². The predicted molar refractivity (Wildman–Crippen MR) is 39.3 cm³/mol. The lowest BCUT2D eigenvalue weighted by atomic mass is 9.78. The van der Waals surface area contributed by atoms with E-state index in [1.165, 1.54) is 32.1 Å². The minimum Gasteiger partial charge on any atom is -0.0596 e. The number of hydrogen-bond donors (Lipinski definition) is 0. The largest absolute Gasteiger partial charge is 0.0596 e. The topological polar surface area (TPSA) is 0 Å². The molecular weight excluding hydrogens is 108 g/mol. The lowest BCUT2D eigenvalue weighted by molar-refractivity contribution is 0.238. The van der Waals surface area contributed by atoms with Crippen LogP contribution in [0.15, 0.2) is 0 Å².